The molecule has 0 aliphatic carbocycles. The molecule has 0 bridgehead atoms. The summed E-state index contributed by atoms with van der Waals surface area (Å²) in [6, 6.07) is 4.85. The van der Waals surface area contributed by atoms with Gasteiger partial charge in [0.2, 0.25) is 0 Å². The Kier molecular flexibility index (Phi) is 7.04. The molecule has 1 unspecified atom stereocenters. The zero-order valence-electron chi connectivity index (χ0n) is 9.68. The third kappa shape index (κ3) is 6.36. The van der Waals surface area contributed by atoms with Crippen LogP contribution in [0.3, 0.4) is 0 Å². The number of nitrogens with one attached hydrogen (secondary N) is 1. The second-order valence-electron chi connectivity index (χ2n) is 3.80. The van der Waals surface area contributed by atoms with Crippen molar-refractivity contribution in [1.82, 2.24) is 5.32 Å². The van der Waals surface area contributed by atoms with Crippen molar-refractivity contribution in [3.05, 3.63) is 34.1 Å². The molecule has 0 spiro atoms. The lowest BCUT2D eigenvalue weighted by molar-refractivity contribution is 0.195. The first-order chi connectivity index (χ1) is 8.11. The number of benzene rings is 1. The Morgan fingerprint density at radius 2 is 2.24 bits per heavy atom. The lowest BCUT2D eigenvalue weighted by Gasteiger charge is -2.09. The van der Waals surface area contributed by atoms with Crippen LogP contribution in [0.15, 0.2) is 22.7 Å². The monoisotopic (exact) mass is 323 g/mol. The van der Waals surface area contributed by atoms with Crippen LogP contribution < -0.4 is 5.32 Å². The summed E-state index contributed by atoms with van der Waals surface area (Å²) in [5.74, 6) is -0.231. The SMILES string of the molecule is COCC(Cl)CCNCc1cc(F)cc(Br)c1. The van der Waals surface area contributed by atoms with Gasteiger partial charge in [-0.15, -0.1) is 11.6 Å². The summed E-state index contributed by atoms with van der Waals surface area (Å²) in [5.41, 5.74) is 0.912. The molecule has 0 saturated heterocycles. The number of halogens is 3. The van der Waals surface area contributed by atoms with Crippen LogP contribution >= 0.6 is 27.5 Å². The highest BCUT2D eigenvalue weighted by Crippen LogP contribution is 2.14. The Morgan fingerprint density at radius 3 is 2.88 bits per heavy atom. The van der Waals surface area contributed by atoms with E-state index in [-0.39, 0.29) is 11.2 Å². The van der Waals surface area contributed by atoms with Crippen LogP contribution in [0, 0.1) is 5.82 Å². The van der Waals surface area contributed by atoms with Crippen molar-refractivity contribution in [1.29, 1.82) is 0 Å². The van der Waals surface area contributed by atoms with Crippen LogP contribution in [0.25, 0.3) is 0 Å². The van der Waals surface area contributed by atoms with Gasteiger partial charge in [0.1, 0.15) is 5.82 Å². The van der Waals surface area contributed by atoms with Crippen LogP contribution in [0.5, 0.6) is 0 Å². The van der Waals surface area contributed by atoms with Crippen molar-refractivity contribution in [3.63, 3.8) is 0 Å². The largest absolute Gasteiger partial charge is 0.383 e. The molecule has 1 aromatic carbocycles. The summed E-state index contributed by atoms with van der Waals surface area (Å²) in [6.07, 6.45) is 0.825. The highest BCUT2D eigenvalue weighted by molar-refractivity contribution is 9.10. The van der Waals surface area contributed by atoms with Crippen molar-refractivity contribution in [3.8, 4) is 0 Å². The van der Waals surface area contributed by atoms with Crippen LogP contribution in [-0.2, 0) is 11.3 Å². The number of hydrogen-bond acceptors (Lipinski definition) is 2. The van der Waals surface area contributed by atoms with E-state index in [1.54, 1.807) is 7.11 Å². The zero-order chi connectivity index (χ0) is 12.7. The van der Waals surface area contributed by atoms with E-state index < -0.39 is 0 Å². The number of alkyl halides is 1. The molecule has 1 aromatic rings. The van der Waals surface area contributed by atoms with Gasteiger partial charge < -0.3 is 10.1 Å². The molecule has 0 aliphatic heterocycles. The van der Waals surface area contributed by atoms with Crippen LogP contribution in [0.1, 0.15) is 12.0 Å². The second-order valence-corrected chi connectivity index (χ2v) is 5.33. The van der Waals surface area contributed by atoms with Gasteiger partial charge in [-0.25, -0.2) is 4.39 Å². The molecule has 17 heavy (non-hydrogen) atoms. The molecule has 0 radical (unpaired) electrons. The molecule has 0 aromatic heterocycles. The van der Waals surface area contributed by atoms with Gasteiger partial charge in [-0.3, -0.25) is 0 Å². The summed E-state index contributed by atoms with van der Waals surface area (Å²) >= 11 is 9.24. The fraction of sp³-hybridized carbons (Fsp3) is 0.500. The first-order valence-corrected chi connectivity index (χ1v) is 6.63. The Hall–Kier alpha value is -0.160. The number of rotatable bonds is 7. The van der Waals surface area contributed by atoms with Crippen LogP contribution in [0.4, 0.5) is 4.39 Å². The summed E-state index contributed by atoms with van der Waals surface area (Å²) < 4.78 is 18.8. The molecule has 1 N–H and O–H groups in total. The van der Waals surface area contributed by atoms with E-state index in [9.17, 15) is 4.39 Å². The molecule has 0 fully saturated rings. The highest BCUT2D eigenvalue weighted by Gasteiger charge is 2.03. The Balaban J connectivity index is 2.26. The number of ether oxygens (including phenoxy) is 1. The van der Waals surface area contributed by atoms with Gasteiger partial charge in [0.25, 0.3) is 0 Å². The van der Waals surface area contributed by atoms with E-state index in [4.69, 9.17) is 16.3 Å². The van der Waals surface area contributed by atoms with E-state index in [0.29, 0.717) is 13.2 Å². The average molecular weight is 325 g/mol. The van der Waals surface area contributed by atoms with Crippen molar-refractivity contribution >= 4 is 27.5 Å². The smallest absolute Gasteiger partial charge is 0.124 e. The van der Waals surface area contributed by atoms with E-state index in [1.807, 2.05) is 6.07 Å². The maximum absolute atomic E-state index is 13.1. The van der Waals surface area contributed by atoms with E-state index in [0.717, 1.165) is 23.0 Å². The second kappa shape index (κ2) is 8.03. The van der Waals surface area contributed by atoms with Crippen molar-refractivity contribution in [2.45, 2.75) is 18.3 Å². The fourth-order valence-corrected chi connectivity index (χ4v) is 2.22. The molecular formula is C12H16BrClFNO. The Labute approximate surface area is 115 Å². The number of methoxy groups -OCH3 is 1. The molecule has 0 amide bonds. The summed E-state index contributed by atoms with van der Waals surface area (Å²) in [6.45, 7) is 1.97. The van der Waals surface area contributed by atoms with Crippen molar-refractivity contribution in [2.24, 2.45) is 0 Å². The van der Waals surface area contributed by atoms with Gasteiger partial charge in [0.05, 0.1) is 12.0 Å². The highest BCUT2D eigenvalue weighted by atomic mass is 79.9. The third-order valence-corrected chi connectivity index (χ3v) is 3.04. The molecule has 0 saturated carbocycles. The quantitative estimate of drug-likeness (QED) is 0.614. The van der Waals surface area contributed by atoms with Crippen LogP contribution in [-0.4, -0.2) is 25.6 Å². The molecule has 1 atom stereocenters. The standard InChI is InChI=1S/C12H16BrClFNO/c1-17-8-11(14)2-3-16-7-9-4-10(13)6-12(15)5-9/h4-6,11,16H,2-3,7-8H2,1H3. The first kappa shape index (κ1) is 14.9. The minimum Gasteiger partial charge on any atom is -0.383 e. The third-order valence-electron chi connectivity index (χ3n) is 2.23. The molecule has 96 valence electrons. The van der Waals surface area contributed by atoms with Gasteiger partial charge in [0, 0.05) is 18.1 Å². The molecule has 2 nitrogen and oxygen atoms in total. The average Bonchev–Trinajstić information content (AvgIpc) is 2.23. The van der Waals surface area contributed by atoms with Crippen molar-refractivity contribution < 1.29 is 9.13 Å². The molecule has 1 rings (SSSR count). The lowest BCUT2D eigenvalue weighted by atomic mass is 10.2. The predicted octanol–water partition coefficient (Wildman–Crippen LogP) is 3.32. The zero-order valence-corrected chi connectivity index (χ0v) is 12.0. The maximum atomic E-state index is 13.1. The topological polar surface area (TPSA) is 21.3 Å². The minimum atomic E-state index is -0.231. The normalized spacial score (nSPS) is 12.7. The summed E-state index contributed by atoms with van der Waals surface area (Å²) in [5, 5.41) is 3.24. The van der Waals surface area contributed by atoms with E-state index in [1.165, 1.54) is 12.1 Å². The first-order valence-electron chi connectivity index (χ1n) is 5.40. The van der Waals surface area contributed by atoms with Gasteiger partial charge >= 0.3 is 0 Å². The number of hydrogen-bond donors (Lipinski definition) is 1. The molecule has 5 heteroatoms. The van der Waals surface area contributed by atoms with Crippen molar-refractivity contribution in [2.75, 3.05) is 20.3 Å². The maximum Gasteiger partial charge on any atom is 0.124 e. The van der Waals surface area contributed by atoms with Gasteiger partial charge in [0.15, 0.2) is 0 Å². The van der Waals surface area contributed by atoms with Crippen LogP contribution in [0.2, 0.25) is 0 Å². The summed E-state index contributed by atoms with van der Waals surface area (Å²) in [7, 11) is 1.63. The lowest BCUT2D eigenvalue weighted by Crippen LogP contribution is -2.20. The Bertz CT molecular complexity index is 331. The van der Waals surface area contributed by atoms with E-state index in [2.05, 4.69) is 21.2 Å². The van der Waals surface area contributed by atoms with Gasteiger partial charge in [-0.1, -0.05) is 15.9 Å². The minimum absolute atomic E-state index is 0.0201. The van der Waals surface area contributed by atoms with Gasteiger partial charge in [-0.05, 0) is 36.7 Å². The fourth-order valence-electron chi connectivity index (χ4n) is 1.47. The molecule has 0 heterocycles. The molecular weight excluding hydrogens is 308 g/mol. The predicted molar refractivity (Wildman–Crippen MR) is 71.9 cm³/mol. The summed E-state index contributed by atoms with van der Waals surface area (Å²) in [4.78, 5) is 0. The molecule has 0 aliphatic rings. The van der Waals surface area contributed by atoms with Gasteiger partial charge in [-0.2, -0.15) is 0 Å². The van der Waals surface area contributed by atoms with E-state index >= 15 is 0 Å². The Morgan fingerprint density at radius 1 is 1.47 bits per heavy atom.